The highest BCUT2D eigenvalue weighted by atomic mass is 32.2. The van der Waals surface area contributed by atoms with E-state index < -0.39 is 12.0 Å². The number of carboxylic acids is 1. The van der Waals surface area contributed by atoms with Crippen molar-refractivity contribution in [2.75, 3.05) is 12.4 Å². The molecule has 1 heterocycles. The second kappa shape index (κ2) is 6.17. The summed E-state index contributed by atoms with van der Waals surface area (Å²) < 4.78 is 5.37. The van der Waals surface area contributed by atoms with Gasteiger partial charge in [0.05, 0.1) is 18.6 Å². The van der Waals surface area contributed by atoms with Gasteiger partial charge in [-0.15, -0.1) is 11.8 Å². The standard InChI is InChI=1S/C14H17NO4S/c1-3-19-11-6-4-10(5-7-11)13-15(9(2)16)12(8-20-13)14(17)18/h4-7,12-13H,3,8H2,1-2H3,(H,17,18)/p-1/t12-,13-/m1/s1. The summed E-state index contributed by atoms with van der Waals surface area (Å²) in [6, 6.07) is 6.50. The Morgan fingerprint density at radius 3 is 2.55 bits per heavy atom. The van der Waals surface area contributed by atoms with E-state index in [2.05, 4.69) is 0 Å². The monoisotopic (exact) mass is 294 g/mol. The molecule has 0 unspecified atom stereocenters. The van der Waals surface area contributed by atoms with Gasteiger partial charge in [0.1, 0.15) is 11.1 Å². The van der Waals surface area contributed by atoms with Crippen LogP contribution in [0.1, 0.15) is 24.8 Å². The van der Waals surface area contributed by atoms with Crippen LogP contribution in [0.4, 0.5) is 0 Å². The van der Waals surface area contributed by atoms with Crippen molar-refractivity contribution in [2.45, 2.75) is 25.3 Å². The van der Waals surface area contributed by atoms with Crippen LogP contribution in [0.3, 0.4) is 0 Å². The second-order valence-electron chi connectivity index (χ2n) is 4.45. The number of hydrogen-bond acceptors (Lipinski definition) is 5. The van der Waals surface area contributed by atoms with E-state index in [0.29, 0.717) is 12.4 Å². The minimum Gasteiger partial charge on any atom is -0.548 e. The molecule has 1 fully saturated rings. The van der Waals surface area contributed by atoms with E-state index in [1.54, 1.807) is 0 Å². The summed E-state index contributed by atoms with van der Waals surface area (Å²) >= 11 is 1.43. The number of carboxylic acid groups (broad SMARTS) is 1. The number of ether oxygens (including phenoxy) is 1. The van der Waals surface area contributed by atoms with Crippen molar-refractivity contribution in [3.8, 4) is 5.75 Å². The number of amides is 1. The first-order valence-electron chi connectivity index (χ1n) is 6.38. The smallest absolute Gasteiger partial charge is 0.221 e. The first kappa shape index (κ1) is 14.7. The maximum absolute atomic E-state index is 11.7. The molecule has 6 heteroatoms. The van der Waals surface area contributed by atoms with E-state index in [4.69, 9.17) is 4.74 Å². The Labute approximate surface area is 121 Å². The first-order valence-corrected chi connectivity index (χ1v) is 7.43. The van der Waals surface area contributed by atoms with Gasteiger partial charge in [-0.2, -0.15) is 0 Å². The van der Waals surface area contributed by atoms with E-state index in [-0.39, 0.29) is 11.3 Å². The van der Waals surface area contributed by atoms with Gasteiger partial charge < -0.3 is 19.5 Å². The molecule has 1 aliphatic rings. The summed E-state index contributed by atoms with van der Waals surface area (Å²) in [6.45, 7) is 3.87. The Balaban J connectivity index is 2.22. The number of carbonyl (C=O) groups is 2. The molecule has 0 spiro atoms. The lowest BCUT2D eigenvalue weighted by atomic mass is 10.1. The molecule has 0 saturated carbocycles. The maximum Gasteiger partial charge on any atom is 0.221 e. The third kappa shape index (κ3) is 2.90. The molecule has 1 aliphatic heterocycles. The van der Waals surface area contributed by atoms with Crippen LogP contribution >= 0.6 is 11.8 Å². The second-order valence-corrected chi connectivity index (χ2v) is 5.56. The molecule has 1 saturated heterocycles. The van der Waals surface area contributed by atoms with Gasteiger partial charge in [0, 0.05) is 12.7 Å². The van der Waals surface area contributed by atoms with Crippen molar-refractivity contribution in [1.29, 1.82) is 0 Å². The molecule has 0 radical (unpaired) electrons. The molecule has 2 atom stereocenters. The Bertz CT molecular complexity index is 502. The van der Waals surface area contributed by atoms with Crippen LogP contribution in [0.15, 0.2) is 24.3 Å². The molecule has 0 N–H and O–H groups in total. The van der Waals surface area contributed by atoms with Crippen molar-refractivity contribution < 1.29 is 19.4 Å². The van der Waals surface area contributed by atoms with Crippen LogP contribution in [0, 0.1) is 0 Å². The van der Waals surface area contributed by atoms with Crippen LogP contribution in [0.5, 0.6) is 5.75 Å². The lowest BCUT2D eigenvalue weighted by Gasteiger charge is -2.29. The van der Waals surface area contributed by atoms with Crippen molar-refractivity contribution in [3.05, 3.63) is 29.8 Å². The number of benzene rings is 1. The molecule has 0 aliphatic carbocycles. The zero-order valence-electron chi connectivity index (χ0n) is 11.4. The lowest BCUT2D eigenvalue weighted by molar-refractivity contribution is -0.310. The van der Waals surface area contributed by atoms with Gasteiger partial charge in [-0.1, -0.05) is 12.1 Å². The highest BCUT2D eigenvalue weighted by molar-refractivity contribution is 7.99. The minimum absolute atomic E-state index is 0.261. The SMILES string of the molecule is CCOc1ccc([C@H]2SC[C@H](C(=O)[O-])N2C(C)=O)cc1. The summed E-state index contributed by atoms with van der Waals surface area (Å²) in [5, 5.41) is 10.8. The number of aliphatic carboxylic acids is 1. The van der Waals surface area contributed by atoms with Crippen molar-refractivity contribution in [1.82, 2.24) is 4.90 Å². The van der Waals surface area contributed by atoms with Gasteiger partial charge in [-0.25, -0.2) is 0 Å². The summed E-state index contributed by atoms with van der Waals surface area (Å²) in [6.07, 6.45) is 0. The fourth-order valence-corrected chi connectivity index (χ4v) is 3.69. The van der Waals surface area contributed by atoms with E-state index >= 15 is 0 Å². The Hall–Kier alpha value is -1.69. The predicted molar refractivity (Wildman–Crippen MR) is 74.1 cm³/mol. The lowest BCUT2D eigenvalue weighted by Crippen LogP contribution is -2.48. The highest BCUT2D eigenvalue weighted by Gasteiger charge is 2.37. The number of thioether (sulfide) groups is 1. The number of carbonyl (C=O) groups excluding carboxylic acids is 2. The largest absolute Gasteiger partial charge is 0.548 e. The summed E-state index contributed by atoms with van der Waals surface area (Å²) in [4.78, 5) is 24.2. The zero-order chi connectivity index (χ0) is 14.7. The van der Waals surface area contributed by atoms with Crippen LogP contribution in [0.2, 0.25) is 0 Å². The fourth-order valence-electron chi connectivity index (χ4n) is 2.22. The van der Waals surface area contributed by atoms with Crippen LogP contribution in [-0.4, -0.2) is 35.2 Å². The maximum atomic E-state index is 11.7. The molecule has 1 amide bonds. The Morgan fingerprint density at radius 2 is 2.05 bits per heavy atom. The average molecular weight is 294 g/mol. The molecule has 0 bridgehead atoms. The van der Waals surface area contributed by atoms with Crippen molar-refractivity contribution in [3.63, 3.8) is 0 Å². The molecule has 1 aromatic rings. The molecule has 2 rings (SSSR count). The molecular formula is C14H16NO4S-. The average Bonchev–Trinajstić information content (AvgIpc) is 2.85. The van der Waals surface area contributed by atoms with Gasteiger partial charge in [-0.05, 0) is 24.6 Å². The zero-order valence-corrected chi connectivity index (χ0v) is 12.2. The van der Waals surface area contributed by atoms with Crippen molar-refractivity contribution >= 4 is 23.6 Å². The topological polar surface area (TPSA) is 69.7 Å². The van der Waals surface area contributed by atoms with E-state index in [0.717, 1.165) is 11.3 Å². The Morgan fingerprint density at radius 1 is 1.40 bits per heavy atom. The van der Waals surface area contributed by atoms with E-state index in [1.165, 1.54) is 23.6 Å². The third-order valence-electron chi connectivity index (χ3n) is 3.11. The predicted octanol–water partition coefficient (Wildman–Crippen LogP) is 0.798. The molecule has 1 aromatic carbocycles. The molecular weight excluding hydrogens is 278 g/mol. The fraction of sp³-hybridized carbons (Fsp3) is 0.429. The quantitative estimate of drug-likeness (QED) is 0.821. The van der Waals surface area contributed by atoms with Gasteiger partial charge in [0.15, 0.2) is 0 Å². The van der Waals surface area contributed by atoms with Crippen LogP contribution in [0.25, 0.3) is 0 Å². The van der Waals surface area contributed by atoms with Crippen LogP contribution in [-0.2, 0) is 9.59 Å². The Kier molecular flexibility index (Phi) is 4.54. The van der Waals surface area contributed by atoms with Gasteiger partial charge in [-0.3, -0.25) is 4.79 Å². The van der Waals surface area contributed by atoms with E-state index in [1.807, 2.05) is 31.2 Å². The molecule has 108 valence electrons. The number of nitrogens with zero attached hydrogens (tertiary/aromatic N) is 1. The molecule has 0 aromatic heterocycles. The number of rotatable bonds is 4. The van der Waals surface area contributed by atoms with Gasteiger partial charge in [0.25, 0.3) is 0 Å². The van der Waals surface area contributed by atoms with Gasteiger partial charge in [0.2, 0.25) is 5.91 Å². The minimum atomic E-state index is -1.21. The van der Waals surface area contributed by atoms with Gasteiger partial charge >= 0.3 is 0 Å². The first-order chi connectivity index (χ1) is 9.54. The van der Waals surface area contributed by atoms with Crippen molar-refractivity contribution in [2.24, 2.45) is 0 Å². The molecule has 5 nitrogen and oxygen atoms in total. The molecule has 20 heavy (non-hydrogen) atoms. The highest BCUT2D eigenvalue weighted by Crippen LogP contribution is 2.41. The van der Waals surface area contributed by atoms with E-state index in [9.17, 15) is 14.7 Å². The van der Waals surface area contributed by atoms with Crippen LogP contribution < -0.4 is 9.84 Å². The summed E-state index contributed by atoms with van der Waals surface area (Å²) in [5.74, 6) is -0.367. The summed E-state index contributed by atoms with van der Waals surface area (Å²) in [7, 11) is 0. The third-order valence-corrected chi connectivity index (χ3v) is 4.44. The number of hydrogen-bond donors (Lipinski definition) is 0. The summed E-state index contributed by atoms with van der Waals surface area (Å²) in [5.41, 5.74) is 0.886. The normalized spacial score (nSPS) is 21.8.